The van der Waals surface area contributed by atoms with Gasteiger partial charge in [-0.25, -0.2) is 4.79 Å². The van der Waals surface area contributed by atoms with Crippen molar-refractivity contribution in [3.05, 3.63) is 35.4 Å². The summed E-state index contributed by atoms with van der Waals surface area (Å²) >= 11 is 0. The molecule has 0 aromatic heterocycles. The van der Waals surface area contributed by atoms with Crippen molar-refractivity contribution < 1.29 is 9.53 Å². The largest absolute Gasteiger partial charge is 0.444 e. The Morgan fingerprint density at radius 1 is 1.35 bits per heavy atom. The molecule has 0 heterocycles. The van der Waals surface area contributed by atoms with Crippen LogP contribution < -0.4 is 5.32 Å². The van der Waals surface area contributed by atoms with Gasteiger partial charge in [-0.1, -0.05) is 24.3 Å². The second-order valence-corrected chi connectivity index (χ2v) is 6.27. The Balaban J connectivity index is 2.13. The topological polar surface area (TPSA) is 62.1 Å². The molecule has 2 rings (SSSR count). The summed E-state index contributed by atoms with van der Waals surface area (Å²) in [5, 5.41) is 12.3. The van der Waals surface area contributed by atoms with Gasteiger partial charge in [0.2, 0.25) is 0 Å². The first-order valence-electron chi connectivity index (χ1n) is 6.83. The van der Waals surface area contributed by atoms with Crippen LogP contribution in [-0.4, -0.2) is 17.2 Å². The summed E-state index contributed by atoms with van der Waals surface area (Å²) in [6, 6.07) is 10.3. The number of carbonyl (C=O) groups excluding carboxylic acids is 1. The minimum absolute atomic E-state index is 0.527. The smallest absolute Gasteiger partial charge is 0.408 e. The molecule has 0 saturated heterocycles. The second kappa shape index (κ2) is 5.16. The van der Waals surface area contributed by atoms with Gasteiger partial charge in [0, 0.05) is 6.42 Å². The van der Waals surface area contributed by atoms with Crippen molar-refractivity contribution in [2.75, 3.05) is 0 Å². The Bertz CT molecular complexity index is 554. The van der Waals surface area contributed by atoms with Crippen LogP contribution in [-0.2, 0) is 17.6 Å². The van der Waals surface area contributed by atoms with E-state index in [9.17, 15) is 10.1 Å². The number of amides is 1. The first-order chi connectivity index (χ1) is 9.34. The lowest BCUT2D eigenvalue weighted by Gasteiger charge is -2.33. The number of ether oxygens (including phenoxy) is 1. The monoisotopic (exact) mass is 272 g/mol. The van der Waals surface area contributed by atoms with Gasteiger partial charge in [0.05, 0.1) is 6.07 Å². The van der Waals surface area contributed by atoms with E-state index in [1.165, 1.54) is 5.56 Å². The lowest BCUT2D eigenvalue weighted by Crippen LogP contribution is -2.52. The van der Waals surface area contributed by atoms with Crippen LogP contribution >= 0.6 is 0 Å². The zero-order valence-electron chi connectivity index (χ0n) is 12.2. The third-order valence-electron chi connectivity index (χ3n) is 3.39. The van der Waals surface area contributed by atoms with E-state index in [-0.39, 0.29) is 0 Å². The number of benzene rings is 1. The molecule has 0 spiro atoms. The number of rotatable bonds is 1. The van der Waals surface area contributed by atoms with Gasteiger partial charge in [-0.05, 0) is 44.7 Å². The van der Waals surface area contributed by atoms with Crippen LogP contribution in [0.4, 0.5) is 4.79 Å². The van der Waals surface area contributed by atoms with Crippen molar-refractivity contribution in [2.24, 2.45) is 0 Å². The molecule has 0 saturated carbocycles. The number of hydrogen-bond acceptors (Lipinski definition) is 3. The Kier molecular flexibility index (Phi) is 3.71. The standard InChI is InChI=1S/C16H20N2O2/c1-15(2,3)20-14(19)18-16(11-17)9-8-12-6-4-5-7-13(12)10-16/h4-7H,8-10H2,1-3H3,(H,18,19). The minimum atomic E-state index is -0.864. The molecule has 4 nitrogen and oxygen atoms in total. The molecule has 1 aromatic carbocycles. The fourth-order valence-corrected chi connectivity index (χ4v) is 2.46. The van der Waals surface area contributed by atoms with Crippen LogP contribution in [0.3, 0.4) is 0 Å². The molecular formula is C16H20N2O2. The van der Waals surface area contributed by atoms with Crippen LogP contribution in [0.15, 0.2) is 24.3 Å². The average molecular weight is 272 g/mol. The van der Waals surface area contributed by atoms with E-state index in [2.05, 4.69) is 17.5 Å². The van der Waals surface area contributed by atoms with Gasteiger partial charge >= 0.3 is 6.09 Å². The van der Waals surface area contributed by atoms with Gasteiger partial charge in [-0.15, -0.1) is 0 Å². The van der Waals surface area contributed by atoms with Gasteiger partial charge in [-0.3, -0.25) is 0 Å². The summed E-state index contributed by atoms with van der Waals surface area (Å²) < 4.78 is 5.25. The second-order valence-electron chi connectivity index (χ2n) is 6.27. The molecule has 1 aliphatic rings. The van der Waals surface area contributed by atoms with Crippen LogP contribution in [0.5, 0.6) is 0 Å². The summed E-state index contributed by atoms with van der Waals surface area (Å²) in [6.07, 6.45) is 1.40. The van der Waals surface area contributed by atoms with Crippen LogP contribution in [0.2, 0.25) is 0 Å². The summed E-state index contributed by atoms with van der Waals surface area (Å²) in [4.78, 5) is 11.9. The first kappa shape index (κ1) is 14.4. The summed E-state index contributed by atoms with van der Waals surface area (Å²) in [6.45, 7) is 5.42. The Morgan fingerprint density at radius 3 is 2.60 bits per heavy atom. The molecule has 0 radical (unpaired) electrons. The van der Waals surface area contributed by atoms with Gasteiger partial charge in [0.1, 0.15) is 11.1 Å². The van der Waals surface area contributed by atoms with E-state index in [0.29, 0.717) is 12.8 Å². The number of nitriles is 1. The maximum Gasteiger partial charge on any atom is 0.408 e. The third kappa shape index (κ3) is 3.30. The number of alkyl carbamates (subject to hydrolysis) is 1. The lowest BCUT2D eigenvalue weighted by molar-refractivity contribution is 0.0473. The first-order valence-corrected chi connectivity index (χ1v) is 6.83. The molecule has 1 aliphatic carbocycles. The Labute approximate surface area is 119 Å². The highest BCUT2D eigenvalue weighted by Crippen LogP contribution is 2.28. The molecule has 4 heteroatoms. The zero-order valence-corrected chi connectivity index (χ0v) is 12.2. The number of nitrogens with zero attached hydrogens (tertiary/aromatic N) is 1. The lowest BCUT2D eigenvalue weighted by atomic mass is 9.79. The molecule has 20 heavy (non-hydrogen) atoms. The van der Waals surface area contributed by atoms with Crippen molar-refractivity contribution in [1.82, 2.24) is 5.32 Å². The van der Waals surface area contributed by atoms with Gasteiger partial charge in [0.25, 0.3) is 0 Å². The highest BCUT2D eigenvalue weighted by Gasteiger charge is 2.37. The van der Waals surface area contributed by atoms with Gasteiger partial charge < -0.3 is 10.1 Å². The molecule has 1 atom stereocenters. The summed E-state index contributed by atoms with van der Waals surface area (Å²) in [5.74, 6) is 0. The summed E-state index contributed by atoms with van der Waals surface area (Å²) in [7, 11) is 0. The van der Waals surface area contributed by atoms with E-state index in [1.54, 1.807) is 0 Å². The summed E-state index contributed by atoms with van der Waals surface area (Å²) in [5.41, 5.74) is 0.949. The molecule has 0 fully saturated rings. The highest BCUT2D eigenvalue weighted by molar-refractivity contribution is 5.69. The van der Waals surface area contributed by atoms with Crippen molar-refractivity contribution in [1.29, 1.82) is 5.26 Å². The average Bonchev–Trinajstić information content (AvgIpc) is 2.36. The predicted molar refractivity (Wildman–Crippen MR) is 76.2 cm³/mol. The molecule has 1 N–H and O–H groups in total. The van der Waals surface area contributed by atoms with E-state index in [4.69, 9.17) is 4.74 Å². The number of hydrogen-bond donors (Lipinski definition) is 1. The fraction of sp³-hybridized carbons (Fsp3) is 0.500. The van der Waals surface area contributed by atoms with Crippen molar-refractivity contribution in [3.8, 4) is 6.07 Å². The maximum atomic E-state index is 11.9. The Hall–Kier alpha value is -2.02. The van der Waals surface area contributed by atoms with Gasteiger partial charge in [0.15, 0.2) is 0 Å². The normalized spacial score (nSPS) is 21.5. The molecule has 1 aromatic rings. The Morgan fingerprint density at radius 2 is 2.00 bits per heavy atom. The predicted octanol–water partition coefficient (Wildman–Crippen LogP) is 2.96. The molecule has 106 valence electrons. The number of fused-ring (bicyclic) bond motifs is 1. The maximum absolute atomic E-state index is 11.9. The van der Waals surface area contributed by atoms with E-state index >= 15 is 0 Å². The zero-order chi connectivity index (χ0) is 14.8. The number of carbonyl (C=O) groups is 1. The van der Waals surface area contributed by atoms with Crippen molar-refractivity contribution >= 4 is 6.09 Å². The van der Waals surface area contributed by atoms with E-state index in [1.807, 2.05) is 39.0 Å². The fourth-order valence-electron chi connectivity index (χ4n) is 2.46. The third-order valence-corrected chi connectivity index (χ3v) is 3.39. The molecule has 1 unspecified atom stereocenters. The van der Waals surface area contributed by atoms with Crippen LogP contribution in [0.1, 0.15) is 38.3 Å². The number of aryl methyl sites for hydroxylation is 1. The quantitative estimate of drug-likeness (QED) is 0.855. The molecule has 1 amide bonds. The number of nitrogens with one attached hydrogen (secondary N) is 1. The van der Waals surface area contributed by atoms with E-state index < -0.39 is 17.2 Å². The molecular weight excluding hydrogens is 252 g/mol. The molecule has 0 bridgehead atoms. The van der Waals surface area contributed by atoms with E-state index in [0.717, 1.165) is 12.0 Å². The van der Waals surface area contributed by atoms with Crippen molar-refractivity contribution in [3.63, 3.8) is 0 Å². The SMILES string of the molecule is CC(C)(C)OC(=O)NC1(C#N)CCc2ccccc2C1. The molecule has 0 aliphatic heterocycles. The minimum Gasteiger partial charge on any atom is -0.444 e. The highest BCUT2D eigenvalue weighted by atomic mass is 16.6. The van der Waals surface area contributed by atoms with Crippen LogP contribution in [0.25, 0.3) is 0 Å². The van der Waals surface area contributed by atoms with Gasteiger partial charge in [-0.2, -0.15) is 5.26 Å². The van der Waals surface area contributed by atoms with Crippen molar-refractivity contribution in [2.45, 2.75) is 51.2 Å². The van der Waals surface area contributed by atoms with Crippen LogP contribution in [0, 0.1) is 11.3 Å².